The van der Waals surface area contributed by atoms with E-state index in [0.29, 0.717) is 24.3 Å². The van der Waals surface area contributed by atoms with E-state index < -0.39 is 10.9 Å². The van der Waals surface area contributed by atoms with Crippen LogP contribution in [0.2, 0.25) is 0 Å². The second-order valence-corrected chi connectivity index (χ2v) is 6.73. The number of benzene rings is 3. The van der Waals surface area contributed by atoms with Gasteiger partial charge in [0.1, 0.15) is 0 Å². The first-order valence-corrected chi connectivity index (χ1v) is 9.19. The van der Waals surface area contributed by atoms with Gasteiger partial charge in [-0.3, -0.25) is 10.1 Å². The van der Waals surface area contributed by atoms with Gasteiger partial charge in [-0.1, -0.05) is 60.7 Å². The van der Waals surface area contributed by atoms with Crippen LogP contribution < -0.4 is 4.90 Å². The minimum absolute atomic E-state index is 0.103. The molecule has 0 heterocycles. The zero-order chi connectivity index (χ0) is 20.8. The highest BCUT2D eigenvalue weighted by atomic mass is 16.6. The van der Waals surface area contributed by atoms with Gasteiger partial charge in [-0.15, -0.1) is 0 Å². The third kappa shape index (κ3) is 4.79. The van der Waals surface area contributed by atoms with Crippen molar-refractivity contribution in [3.63, 3.8) is 0 Å². The molecule has 6 heteroatoms. The van der Waals surface area contributed by atoms with Gasteiger partial charge in [0, 0.05) is 24.7 Å². The Bertz CT molecular complexity index is 963. The fourth-order valence-corrected chi connectivity index (χ4v) is 3.25. The molecule has 0 N–H and O–H groups in total. The van der Waals surface area contributed by atoms with Crippen LogP contribution in [0.25, 0.3) is 0 Å². The molecule has 0 aliphatic heterocycles. The maximum atomic E-state index is 12.5. The van der Waals surface area contributed by atoms with Crippen LogP contribution in [0, 0.1) is 17.0 Å². The molecule has 0 aliphatic rings. The summed E-state index contributed by atoms with van der Waals surface area (Å²) in [5, 5.41) is 11.4. The van der Waals surface area contributed by atoms with Crippen molar-refractivity contribution < 1.29 is 14.5 Å². The zero-order valence-electron chi connectivity index (χ0n) is 16.4. The van der Waals surface area contributed by atoms with E-state index in [1.807, 2.05) is 65.6 Å². The van der Waals surface area contributed by atoms with Crippen LogP contribution in [0.3, 0.4) is 0 Å². The summed E-state index contributed by atoms with van der Waals surface area (Å²) >= 11 is 0. The highest BCUT2D eigenvalue weighted by Crippen LogP contribution is 2.32. The molecule has 3 rings (SSSR count). The molecule has 0 unspecified atom stereocenters. The number of nitrogens with zero attached hydrogens (tertiary/aromatic N) is 2. The van der Waals surface area contributed by atoms with Crippen LogP contribution in [-0.4, -0.2) is 18.0 Å². The predicted octanol–water partition coefficient (Wildman–Crippen LogP) is 4.90. The number of hydrogen-bond acceptors (Lipinski definition) is 5. The minimum atomic E-state index is -0.603. The number of rotatable bonds is 7. The van der Waals surface area contributed by atoms with E-state index in [1.165, 1.54) is 13.2 Å². The molecule has 0 saturated heterocycles. The minimum Gasteiger partial charge on any atom is -0.465 e. The van der Waals surface area contributed by atoms with E-state index >= 15 is 0 Å². The molecule has 0 saturated carbocycles. The number of esters is 1. The van der Waals surface area contributed by atoms with Gasteiger partial charge in [0.15, 0.2) is 0 Å². The molecular formula is C23H22N2O4. The number of ether oxygens (including phenoxy) is 1. The van der Waals surface area contributed by atoms with Crippen molar-refractivity contribution in [3.8, 4) is 0 Å². The van der Waals surface area contributed by atoms with Gasteiger partial charge in [-0.2, -0.15) is 0 Å². The van der Waals surface area contributed by atoms with Gasteiger partial charge in [0.2, 0.25) is 0 Å². The molecule has 0 aromatic heterocycles. The molecule has 148 valence electrons. The second-order valence-electron chi connectivity index (χ2n) is 6.73. The van der Waals surface area contributed by atoms with Crippen LogP contribution in [-0.2, 0) is 17.8 Å². The third-order valence-electron chi connectivity index (χ3n) is 4.69. The number of nitro benzene ring substituents is 1. The van der Waals surface area contributed by atoms with Crippen LogP contribution >= 0.6 is 0 Å². The van der Waals surface area contributed by atoms with Crippen molar-refractivity contribution in [2.45, 2.75) is 20.0 Å². The summed E-state index contributed by atoms with van der Waals surface area (Å²) in [4.78, 5) is 25.4. The van der Waals surface area contributed by atoms with Crippen molar-refractivity contribution >= 4 is 17.3 Å². The van der Waals surface area contributed by atoms with Gasteiger partial charge in [-0.05, 0) is 24.1 Å². The Balaban J connectivity index is 2.11. The normalized spacial score (nSPS) is 10.4. The average molecular weight is 390 g/mol. The molecule has 6 nitrogen and oxygen atoms in total. The Morgan fingerprint density at radius 2 is 1.48 bits per heavy atom. The highest BCUT2D eigenvalue weighted by molar-refractivity contribution is 5.97. The number of anilines is 1. The lowest BCUT2D eigenvalue weighted by molar-refractivity contribution is -0.385. The SMILES string of the molecule is COC(=O)c1cc([N+](=O)[O-])c(C)cc1N(Cc1ccccc1)Cc1ccccc1. The van der Waals surface area contributed by atoms with Gasteiger partial charge < -0.3 is 9.64 Å². The molecule has 3 aromatic rings. The first-order chi connectivity index (χ1) is 14.0. The van der Waals surface area contributed by atoms with Crippen LogP contribution in [0.1, 0.15) is 27.0 Å². The van der Waals surface area contributed by atoms with E-state index in [2.05, 4.69) is 0 Å². The first-order valence-electron chi connectivity index (χ1n) is 9.19. The summed E-state index contributed by atoms with van der Waals surface area (Å²) in [6.45, 7) is 2.75. The quantitative estimate of drug-likeness (QED) is 0.326. The maximum absolute atomic E-state index is 12.5. The van der Waals surface area contributed by atoms with Gasteiger partial charge in [0.05, 0.1) is 23.3 Å². The van der Waals surface area contributed by atoms with Crippen molar-refractivity contribution in [2.24, 2.45) is 0 Å². The van der Waals surface area contributed by atoms with E-state index in [4.69, 9.17) is 4.74 Å². The lowest BCUT2D eigenvalue weighted by Crippen LogP contribution is -2.25. The molecule has 0 radical (unpaired) electrons. The largest absolute Gasteiger partial charge is 0.465 e. The summed E-state index contributed by atoms with van der Waals surface area (Å²) in [6, 6.07) is 22.7. The number of carbonyl (C=O) groups is 1. The first kappa shape index (κ1) is 20.1. The Hall–Kier alpha value is -3.67. The molecule has 0 aliphatic carbocycles. The summed E-state index contributed by atoms with van der Waals surface area (Å²) in [6.07, 6.45) is 0. The summed E-state index contributed by atoms with van der Waals surface area (Å²) < 4.78 is 4.91. The number of methoxy groups -OCH3 is 1. The predicted molar refractivity (Wildman–Crippen MR) is 112 cm³/mol. The lowest BCUT2D eigenvalue weighted by atomic mass is 10.0. The van der Waals surface area contributed by atoms with E-state index in [-0.39, 0.29) is 11.3 Å². The van der Waals surface area contributed by atoms with E-state index in [9.17, 15) is 14.9 Å². The van der Waals surface area contributed by atoms with Crippen molar-refractivity contribution in [1.82, 2.24) is 0 Å². The Morgan fingerprint density at radius 1 is 0.966 bits per heavy atom. The number of aryl methyl sites for hydroxylation is 1. The van der Waals surface area contributed by atoms with Gasteiger partial charge >= 0.3 is 5.97 Å². The Morgan fingerprint density at radius 3 is 1.93 bits per heavy atom. The Labute approximate surface area is 169 Å². The summed E-state index contributed by atoms with van der Waals surface area (Å²) in [5.41, 5.74) is 3.30. The van der Waals surface area contributed by atoms with Crippen molar-refractivity contribution in [1.29, 1.82) is 0 Å². The summed E-state index contributed by atoms with van der Waals surface area (Å²) in [7, 11) is 1.27. The third-order valence-corrected chi connectivity index (χ3v) is 4.69. The van der Waals surface area contributed by atoms with Crippen molar-refractivity contribution in [3.05, 3.63) is 105 Å². The highest BCUT2D eigenvalue weighted by Gasteiger charge is 2.24. The molecule has 0 fully saturated rings. The Kier molecular flexibility index (Phi) is 6.24. The average Bonchev–Trinajstić information content (AvgIpc) is 2.73. The topological polar surface area (TPSA) is 72.7 Å². The number of hydrogen-bond donors (Lipinski definition) is 0. The second kappa shape index (κ2) is 9.01. The maximum Gasteiger partial charge on any atom is 0.340 e. The number of carbonyl (C=O) groups excluding carboxylic acids is 1. The van der Waals surface area contributed by atoms with Crippen LogP contribution in [0.5, 0.6) is 0 Å². The molecule has 0 bridgehead atoms. The smallest absolute Gasteiger partial charge is 0.340 e. The molecule has 29 heavy (non-hydrogen) atoms. The fourth-order valence-electron chi connectivity index (χ4n) is 3.25. The molecule has 0 atom stereocenters. The van der Waals surface area contributed by atoms with Crippen LogP contribution in [0.15, 0.2) is 72.8 Å². The van der Waals surface area contributed by atoms with Crippen LogP contribution in [0.4, 0.5) is 11.4 Å². The molecule has 3 aromatic carbocycles. The molecular weight excluding hydrogens is 368 g/mol. The zero-order valence-corrected chi connectivity index (χ0v) is 16.4. The lowest BCUT2D eigenvalue weighted by Gasteiger charge is -2.27. The molecule has 0 amide bonds. The molecule has 0 spiro atoms. The number of nitro groups is 1. The van der Waals surface area contributed by atoms with E-state index in [1.54, 1.807) is 13.0 Å². The van der Waals surface area contributed by atoms with Gasteiger partial charge in [0.25, 0.3) is 5.69 Å². The standard InChI is InChI=1S/C23H22N2O4/c1-17-13-22(20(23(26)29-2)14-21(17)25(27)28)24(15-18-9-5-3-6-10-18)16-19-11-7-4-8-12-19/h3-14H,15-16H2,1-2H3. The van der Waals surface area contributed by atoms with Gasteiger partial charge in [-0.25, -0.2) is 4.79 Å². The van der Waals surface area contributed by atoms with Crippen molar-refractivity contribution in [2.75, 3.05) is 12.0 Å². The fraction of sp³-hybridized carbons (Fsp3) is 0.174. The monoisotopic (exact) mass is 390 g/mol. The summed E-state index contributed by atoms with van der Waals surface area (Å²) in [5.74, 6) is -0.603. The van der Waals surface area contributed by atoms with E-state index in [0.717, 1.165) is 11.1 Å².